The molecule has 2 heterocycles. The van der Waals surface area contributed by atoms with E-state index in [0.29, 0.717) is 6.10 Å². The summed E-state index contributed by atoms with van der Waals surface area (Å²) in [6.45, 7) is 3.07. The first-order chi connectivity index (χ1) is 9.83. The Bertz CT molecular complexity index is 414. The van der Waals surface area contributed by atoms with Crippen LogP contribution in [0.25, 0.3) is 0 Å². The molecule has 1 saturated carbocycles. The van der Waals surface area contributed by atoms with Gasteiger partial charge in [-0.2, -0.15) is 0 Å². The van der Waals surface area contributed by atoms with E-state index in [9.17, 15) is 0 Å². The molecular formula is C16H25NO2S. The molecule has 112 valence electrons. The van der Waals surface area contributed by atoms with Gasteiger partial charge in [0, 0.05) is 25.4 Å². The molecule has 2 fully saturated rings. The second-order valence-electron chi connectivity index (χ2n) is 5.98. The first-order valence-corrected chi connectivity index (χ1v) is 8.72. The van der Waals surface area contributed by atoms with Crippen molar-refractivity contribution in [1.29, 1.82) is 0 Å². The lowest BCUT2D eigenvalue weighted by atomic mass is 10.0. The minimum absolute atomic E-state index is 0.404. The Morgan fingerprint density at radius 2 is 2.10 bits per heavy atom. The minimum atomic E-state index is 0.404. The highest BCUT2D eigenvalue weighted by Gasteiger charge is 2.23. The summed E-state index contributed by atoms with van der Waals surface area (Å²) in [6.07, 6.45) is 8.43. The predicted molar refractivity (Wildman–Crippen MR) is 82.1 cm³/mol. The number of hydrogen-bond donors (Lipinski definition) is 0. The van der Waals surface area contributed by atoms with Crippen LogP contribution in [0.1, 0.15) is 44.3 Å². The molecule has 0 N–H and O–H groups in total. The molecule has 0 bridgehead atoms. The molecule has 0 amide bonds. The summed E-state index contributed by atoms with van der Waals surface area (Å²) >= 11 is 1.94. The van der Waals surface area contributed by atoms with Gasteiger partial charge in [-0.15, -0.1) is 0 Å². The topological polar surface area (TPSA) is 25.6 Å². The van der Waals surface area contributed by atoms with Crippen LogP contribution >= 0.6 is 11.8 Å². The van der Waals surface area contributed by atoms with Crippen LogP contribution in [0.3, 0.4) is 0 Å². The molecule has 0 spiro atoms. The first kappa shape index (κ1) is 14.5. The Hall–Kier alpha value is -0.450. The summed E-state index contributed by atoms with van der Waals surface area (Å²) in [4.78, 5) is 2.42. The van der Waals surface area contributed by atoms with Crippen LogP contribution in [0.15, 0.2) is 21.6 Å². The van der Waals surface area contributed by atoms with Crippen molar-refractivity contribution in [3.05, 3.63) is 17.9 Å². The highest BCUT2D eigenvalue weighted by atomic mass is 32.2. The summed E-state index contributed by atoms with van der Waals surface area (Å²) < 4.78 is 11.4. The molecule has 1 aliphatic carbocycles. The fourth-order valence-corrected chi connectivity index (χ4v) is 4.41. The number of likely N-dealkylation sites (tertiary alicyclic amines) is 1. The van der Waals surface area contributed by atoms with Crippen LogP contribution in [0, 0.1) is 0 Å². The Labute approximate surface area is 126 Å². The zero-order valence-corrected chi connectivity index (χ0v) is 13.2. The van der Waals surface area contributed by atoms with E-state index in [4.69, 9.17) is 9.15 Å². The molecule has 1 atom stereocenters. The quantitative estimate of drug-likeness (QED) is 0.822. The van der Waals surface area contributed by atoms with Gasteiger partial charge in [-0.25, -0.2) is 0 Å². The molecule has 3 rings (SSSR count). The summed E-state index contributed by atoms with van der Waals surface area (Å²) in [6, 6.07) is 4.30. The van der Waals surface area contributed by atoms with Crippen LogP contribution in [0.4, 0.5) is 0 Å². The number of methoxy groups -OCH3 is 1. The highest BCUT2D eigenvalue weighted by molar-refractivity contribution is 7.99. The number of nitrogens with zero attached hydrogens (tertiary/aromatic N) is 1. The third kappa shape index (κ3) is 3.80. The Kier molecular flexibility index (Phi) is 5.08. The molecule has 2 aliphatic rings. The smallest absolute Gasteiger partial charge is 0.160 e. The van der Waals surface area contributed by atoms with Crippen molar-refractivity contribution in [2.24, 2.45) is 0 Å². The fourth-order valence-electron chi connectivity index (χ4n) is 3.21. The van der Waals surface area contributed by atoms with Crippen LogP contribution in [-0.4, -0.2) is 36.5 Å². The van der Waals surface area contributed by atoms with Crippen molar-refractivity contribution in [2.45, 2.75) is 61.5 Å². The van der Waals surface area contributed by atoms with E-state index in [1.54, 1.807) is 7.11 Å². The summed E-state index contributed by atoms with van der Waals surface area (Å²) in [5.41, 5.74) is 0. The standard InChI is InChI=1S/C16H25NO2S/c1-18-13-9-10-17(11-13)12-14-7-8-16(19-14)20-15-5-3-2-4-6-15/h7-8,13,15H,2-6,9-12H2,1H3/t13-/m1/s1. The van der Waals surface area contributed by atoms with Gasteiger partial charge in [0.1, 0.15) is 5.76 Å². The van der Waals surface area contributed by atoms with Gasteiger partial charge in [0.2, 0.25) is 0 Å². The zero-order valence-electron chi connectivity index (χ0n) is 12.3. The van der Waals surface area contributed by atoms with Gasteiger partial charge >= 0.3 is 0 Å². The maximum Gasteiger partial charge on any atom is 0.160 e. The number of ether oxygens (including phenoxy) is 1. The van der Waals surface area contributed by atoms with Crippen LogP contribution in [0.2, 0.25) is 0 Å². The molecule has 20 heavy (non-hydrogen) atoms. The van der Waals surface area contributed by atoms with Gasteiger partial charge in [0.25, 0.3) is 0 Å². The normalized spacial score (nSPS) is 25.4. The number of hydrogen-bond acceptors (Lipinski definition) is 4. The monoisotopic (exact) mass is 295 g/mol. The van der Waals surface area contributed by atoms with Crippen molar-refractivity contribution < 1.29 is 9.15 Å². The Morgan fingerprint density at radius 3 is 2.85 bits per heavy atom. The third-order valence-electron chi connectivity index (χ3n) is 4.41. The lowest BCUT2D eigenvalue weighted by Gasteiger charge is -2.19. The van der Waals surface area contributed by atoms with Gasteiger partial charge in [0.05, 0.1) is 12.6 Å². The van der Waals surface area contributed by atoms with Crippen molar-refractivity contribution in [2.75, 3.05) is 20.2 Å². The highest BCUT2D eigenvalue weighted by Crippen LogP contribution is 2.34. The lowest BCUT2D eigenvalue weighted by molar-refractivity contribution is 0.106. The zero-order chi connectivity index (χ0) is 13.8. The van der Waals surface area contributed by atoms with Crippen molar-refractivity contribution in [3.8, 4) is 0 Å². The van der Waals surface area contributed by atoms with Crippen LogP contribution < -0.4 is 0 Å². The van der Waals surface area contributed by atoms with Gasteiger partial charge in [-0.3, -0.25) is 4.90 Å². The van der Waals surface area contributed by atoms with Crippen molar-refractivity contribution in [3.63, 3.8) is 0 Å². The van der Waals surface area contributed by atoms with Crippen LogP contribution in [0.5, 0.6) is 0 Å². The molecule has 0 radical (unpaired) electrons. The van der Waals surface area contributed by atoms with Gasteiger partial charge < -0.3 is 9.15 Å². The fraction of sp³-hybridized carbons (Fsp3) is 0.750. The van der Waals surface area contributed by atoms with E-state index in [1.165, 1.54) is 32.1 Å². The minimum Gasteiger partial charge on any atom is -0.454 e. The first-order valence-electron chi connectivity index (χ1n) is 7.84. The average Bonchev–Trinajstić information content (AvgIpc) is 3.10. The second kappa shape index (κ2) is 7.01. The van der Waals surface area contributed by atoms with E-state index in [2.05, 4.69) is 17.0 Å². The van der Waals surface area contributed by atoms with E-state index in [0.717, 1.165) is 42.2 Å². The largest absolute Gasteiger partial charge is 0.454 e. The SMILES string of the molecule is CO[C@@H]1CCN(Cc2ccc(SC3CCCCC3)o2)C1. The van der Waals surface area contributed by atoms with Crippen LogP contribution in [-0.2, 0) is 11.3 Å². The number of rotatable bonds is 5. The molecule has 3 nitrogen and oxygen atoms in total. The second-order valence-corrected chi connectivity index (χ2v) is 7.28. The molecule has 4 heteroatoms. The van der Waals surface area contributed by atoms with E-state index in [-0.39, 0.29) is 0 Å². The van der Waals surface area contributed by atoms with E-state index < -0.39 is 0 Å². The Morgan fingerprint density at radius 1 is 1.25 bits per heavy atom. The molecule has 1 saturated heterocycles. The number of thioether (sulfide) groups is 1. The third-order valence-corrected chi connectivity index (χ3v) is 5.67. The predicted octanol–water partition coefficient (Wildman–Crippen LogP) is 3.93. The van der Waals surface area contributed by atoms with E-state index in [1.807, 2.05) is 11.8 Å². The molecule has 1 aromatic rings. The summed E-state index contributed by atoms with van der Waals surface area (Å²) in [5, 5.41) is 1.88. The Balaban J connectivity index is 1.49. The molecule has 1 aromatic heterocycles. The van der Waals surface area contributed by atoms with Crippen molar-refractivity contribution in [1.82, 2.24) is 4.90 Å². The maximum atomic E-state index is 6.00. The van der Waals surface area contributed by atoms with Gasteiger partial charge in [0.15, 0.2) is 5.09 Å². The van der Waals surface area contributed by atoms with Gasteiger partial charge in [-0.05, 0) is 31.4 Å². The maximum absolute atomic E-state index is 6.00. The van der Waals surface area contributed by atoms with Crippen molar-refractivity contribution >= 4 is 11.8 Å². The number of furan rings is 1. The summed E-state index contributed by atoms with van der Waals surface area (Å²) in [5.74, 6) is 1.10. The molecular weight excluding hydrogens is 270 g/mol. The summed E-state index contributed by atoms with van der Waals surface area (Å²) in [7, 11) is 1.81. The average molecular weight is 295 g/mol. The molecule has 1 aliphatic heterocycles. The molecule has 0 unspecified atom stereocenters. The lowest BCUT2D eigenvalue weighted by Crippen LogP contribution is -2.22. The van der Waals surface area contributed by atoms with E-state index >= 15 is 0 Å². The van der Waals surface area contributed by atoms with Gasteiger partial charge in [-0.1, -0.05) is 31.0 Å². The molecule has 0 aromatic carbocycles.